The van der Waals surface area contributed by atoms with Crippen LogP contribution in [0.2, 0.25) is 0 Å². The number of hydrogen-bond acceptors (Lipinski definition) is 4. The van der Waals surface area contributed by atoms with Crippen LogP contribution in [0.1, 0.15) is 18.4 Å². The van der Waals surface area contributed by atoms with E-state index in [0.717, 1.165) is 5.56 Å². The molecule has 3 amide bonds. The van der Waals surface area contributed by atoms with Crippen molar-refractivity contribution in [3.63, 3.8) is 0 Å². The molecule has 1 atom stereocenters. The van der Waals surface area contributed by atoms with Crippen LogP contribution in [0.3, 0.4) is 0 Å². The third kappa shape index (κ3) is 4.86. The summed E-state index contributed by atoms with van der Waals surface area (Å²) in [6, 6.07) is 5.45. The van der Waals surface area contributed by atoms with Crippen LogP contribution in [0.15, 0.2) is 24.3 Å². The predicted molar refractivity (Wildman–Crippen MR) is 76.9 cm³/mol. The van der Waals surface area contributed by atoms with Crippen LogP contribution in [-0.2, 0) is 20.1 Å². The molecular weight excluding hydrogens is 295 g/mol. The zero-order chi connectivity index (χ0) is 15.2. The topological polar surface area (TPSA) is 75.3 Å². The van der Waals surface area contributed by atoms with Gasteiger partial charge in [-0.25, -0.2) is 4.39 Å². The van der Waals surface area contributed by atoms with Crippen LogP contribution >= 0.6 is 11.8 Å². The van der Waals surface area contributed by atoms with E-state index in [1.54, 1.807) is 12.1 Å². The molecule has 0 bridgehead atoms. The minimum atomic E-state index is -0.637. The van der Waals surface area contributed by atoms with Gasteiger partial charge in [0.05, 0.1) is 5.75 Å². The van der Waals surface area contributed by atoms with E-state index in [4.69, 9.17) is 0 Å². The Kier molecular flexibility index (Phi) is 5.32. The van der Waals surface area contributed by atoms with E-state index in [1.807, 2.05) is 0 Å². The van der Waals surface area contributed by atoms with E-state index >= 15 is 0 Å². The molecule has 0 saturated carbocycles. The van der Waals surface area contributed by atoms with Gasteiger partial charge in [-0.05, 0) is 24.1 Å². The summed E-state index contributed by atoms with van der Waals surface area (Å²) in [4.78, 5) is 34.2. The summed E-state index contributed by atoms with van der Waals surface area (Å²) in [5.74, 6) is -0.520. The molecule has 1 aromatic carbocycles. The van der Waals surface area contributed by atoms with Gasteiger partial charge in [0.15, 0.2) is 0 Å². The summed E-state index contributed by atoms with van der Waals surface area (Å²) in [5, 5.41) is 4.79. The lowest BCUT2D eigenvalue weighted by atomic mass is 10.1. The molecule has 1 unspecified atom stereocenters. The van der Waals surface area contributed by atoms with Crippen molar-refractivity contribution >= 4 is 29.5 Å². The molecule has 0 aromatic heterocycles. The van der Waals surface area contributed by atoms with Crippen molar-refractivity contribution < 1.29 is 18.8 Å². The van der Waals surface area contributed by atoms with Crippen LogP contribution in [-0.4, -0.2) is 29.5 Å². The fourth-order valence-corrected chi connectivity index (χ4v) is 2.71. The number of halogens is 1. The van der Waals surface area contributed by atoms with Crippen molar-refractivity contribution in [3.8, 4) is 0 Å². The molecule has 1 fully saturated rings. The first kappa shape index (κ1) is 15.5. The molecule has 0 radical (unpaired) electrons. The predicted octanol–water partition coefficient (Wildman–Crippen LogP) is 0.980. The van der Waals surface area contributed by atoms with Gasteiger partial charge in [-0.15, -0.1) is 11.8 Å². The molecule has 0 aliphatic carbocycles. The van der Waals surface area contributed by atoms with Gasteiger partial charge in [0.1, 0.15) is 11.9 Å². The molecule has 2 N–H and O–H groups in total. The van der Waals surface area contributed by atoms with Crippen molar-refractivity contribution in [1.82, 2.24) is 10.6 Å². The molecule has 1 aliphatic rings. The van der Waals surface area contributed by atoms with Gasteiger partial charge in [-0.2, -0.15) is 0 Å². The largest absolute Gasteiger partial charge is 0.344 e. The number of amides is 3. The van der Waals surface area contributed by atoms with Crippen LogP contribution in [0.4, 0.5) is 4.39 Å². The lowest BCUT2D eigenvalue weighted by molar-refractivity contribution is -0.136. The molecule has 112 valence electrons. The van der Waals surface area contributed by atoms with E-state index < -0.39 is 11.9 Å². The number of nitrogens with one attached hydrogen (secondary N) is 2. The van der Waals surface area contributed by atoms with E-state index in [2.05, 4.69) is 10.6 Å². The molecule has 1 aromatic rings. The molecule has 1 saturated heterocycles. The Morgan fingerprint density at radius 3 is 2.71 bits per heavy atom. The smallest absolute Gasteiger partial charge is 0.249 e. The van der Waals surface area contributed by atoms with Gasteiger partial charge in [-0.3, -0.25) is 19.7 Å². The van der Waals surface area contributed by atoms with Gasteiger partial charge in [0.25, 0.3) is 0 Å². The minimum Gasteiger partial charge on any atom is -0.344 e. The molecule has 1 aliphatic heterocycles. The Morgan fingerprint density at radius 2 is 2.05 bits per heavy atom. The molecule has 1 heterocycles. The Labute approximate surface area is 125 Å². The third-order valence-electron chi connectivity index (χ3n) is 2.99. The quantitative estimate of drug-likeness (QED) is 0.795. The van der Waals surface area contributed by atoms with Crippen molar-refractivity contribution in [2.45, 2.75) is 24.6 Å². The molecular formula is C14H15FN2O3S. The Morgan fingerprint density at radius 1 is 1.33 bits per heavy atom. The van der Waals surface area contributed by atoms with Crippen LogP contribution in [0, 0.1) is 5.82 Å². The minimum absolute atomic E-state index is 0.203. The summed E-state index contributed by atoms with van der Waals surface area (Å²) in [6.07, 6.45) is 0.568. The first-order valence-electron chi connectivity index (χ1n) is 6.50. The second kappa shape index (κ2) is 7.21. The Balaban J connectivity index is 1.71. The molecule has 2 rings (SSSR count). The maximum Gasteiger partial charge on any atom is 0.249 e. The molecule has 7 heteroatoms. The SMILES string of the molecule is O=C1CCC(NC(=O)CSCc2ccc(F)cc2)C(=O)N1. The number of hydrogen-bond donors (Lipinski definition) is 2. The van der Waals surface area contributed by atoms with E-state index in [9.17, 15) is 18.8 Å². The summed E-state index contributed by atoms with van der Waals surface area (Å²) < 4.78 is 12.7. The van der Waals surface area contributed by atoms with E-state index in [-0.39, 0.29) is 29.8 Å². The highest BCUT2D eigenvalue weighted by molar-refractivity contribution is 7.99. The molecule has 21 heavy (non-hydrogen) atoms. The van der Waals surface area contributed by atoms with Crippen LogP contribution in [0.5, 0.6) is 0 Å². The van der Waals surface area contributed by atoms with Crippen molar-refractivity contribution in [1.29, 1.82) is 0 Å². The monoisotopic (exact) mass is 310 g/mol. The molecule has 0 spiro atoms. The highest BCUT2D eigenvalue weighted by atomic mass is 32.2. The van der Waals surface area contributed by atoms with Crippen LogP contribution in [0.25, 0.3) is 0 Å². The summed E-state index contributed by atoms with van der Waals surface area (Å²) in [5.41, 5.74) is 0.926. The number of thioether (sulfide) groups is 1. The number of rotatable bonds is 5. The third-order valence-corrected chi connectivity index (χ3v) is 3.99. The Hall–Kier alpha value is -1.89. The van der Waals surface area contributed by atoms with Gasteiger partial charge < -0.3 is 5.32 Å². The second-order valence-corrected chi connectivity index (χ2v) is 5.68. The highest BCUT2D eigenvalue weighted by Crippen LogP contribution is 2.13. The fraction of sp³-hybridized carbons (Fsp3) is 0.357. The van der Waals surface area contributed by atoms with Gasteiger partial charge in [0.2, 0.25) is 17.7 Å². The lowest BCUT2D eigenvalue weighted by Crippen LogP contribution is -2.52. The van der Waals surface area contributed by atoms with Gasteiger partial charge in [0, 0.05) is 12.2 Å². The first-order valence-corrected chi connectivity index (χ1v) is 7.65. The second-order valence-electron chi connectivity index (χ2n) is 4.69. The average molecular weight is 310 g/mol. The number of carbonyl (C=O) groups excluding carboxylic acids is 3. The summed E-state index contributed by atoms with van der Waals surface area (Å²) in [6.45, 7) is 0. The van der Waals surface area contributed by atoms with Gasteiger partial charge >= 0.3 is 0 Å². The van der Waals surface area contributed by atoms with Gasteiger partial charge in [-0.1, -0.05) is 12.1 Å². The van der Waals surface area contributed by atoms with Crippen molar-refractivity contribution in [2.24, 2.45) is 0 Å². The number of carbonyl (C=O) groups is 3. The van der Waals surface area contributed by atoms with E-state index in [1.165, 1.54) is 23.9 Å². The fourth-order valence-electron chi connectivity index (χ4n) is 1.91. The Bertz CT molecular complexity index is 548. The maximum absolute atomic E-state index is 12.7. The van der Waals surface area contributed by atoms with Crippen LogP contribution < -0.4 is 10.6 Å². The normalized spacial score (nSPS) is 18.2. The first-order chi connectivity index (χ1) is 10.0. The number of imide groups is 1. The molecule has 5 nitrogen and oxygen atoms in total. The zero-order valence-corrected chi connectivity index (χ0v) is 12.0. The standard InChI is InChI=1S/C14H15FN2O3S/c15-10-3-1-9(2-4-10)7-21-8-13(19)16-11-5-6-12(18)17-14(11)20/h1-4,11H,5-8H2,(H,16,19)(H,17,18,20). The number of piperidine rings is 1. The summed E-state index contributed by atoms with van der Waals surface area (Å²) in [7, 11) is 0. The zero-order valence-electron chi connectivity index (χ0n) is 11.2. The van der Waals surface area contributed by atoms with E-state index in [0.29, 0.717) is 12.2 Å². The van der Waals surface area contributed by atoms with Crippen molar-refractivity contribution in [2.75, 3.05) is 5.75 Å². The average Bonchev–Trinajstić information content (AvgIpc) is 2.44. The highest BCUT2D eigenvalue weighted by Gasteiger charge is 2.27. The van der Waals surface area contributed by atoms with Crippen molar-refractivity contribution in [3.05, 3.63) is 35.6 Å². The number of benzene rings is 1. The maximum atomic E-state index is 12.7. The lowest BCUT2D eigenvalue weighted by Gasteiger charge is -2.21. The summed E-state index contributed by atoms with van der Waals surface area (Å²) >= 11 is 1.38.